The summed E-state index contributed by atoms with van der Waals surface area (Å²) in [5.74, 6) is 1.35. The van der Waals surface area contributed by atoms with Gasteiger partial charge in [-0.15, -0.1) is 0 Å². The minimum atomic E-state index is -0.824. The lowest BCUT2D eigenvalue weighted by Crippen LogP contribution is -2.49. The second-order valence-corrected chi connectivity index (χ2v) is 7.08. The molecule has 110 valence electrons. The van der Waals surface area contributed by atoms with Crippen molar-refractivity contribution in [2.24, 2.45) is 0 Å². The third kappa shape index (κ3) is 3.87. The molecule has 0 aliphatic carbocycles. The number of carbonyl (C=O) groups is 1. The highest BCUT2D eigenvalue weighted by Crippen LogP contribution is 2.27. The highest BCUT2D eigenvalue weighted by atomic mass is 35.5. The van der Waals surface area contributed by atoms with Gasteiger partial charge in [-0.05, 0) is 25.1 Å². The van der Waals surface area contributed by atoms with Gasteiger partial charge in [0.15, 0.2) is 6.61 Å². The summed E-state index contributed by atoms with van der Waals surface area (Å²) >= 11 is 11.8. The molecule has 0 aromatic heterocycles. The Morgan fingerprint density at radius 1 is 1.50 bits per heavy atom. The molecule has 7 heteroatoms. The van der Waals surface area contributed by atoms with Gasteiger partial charge in [-0.2, -0.15) is 0 Å². The first-order valence-corrected chi connectivity index (χ1v) is 8.44. The Hall–Kier alpha value is -0.780. The lowest BCUT2D eigenvalue weighted by molar-refractivity contribution is -0.134. The summed E-state index contributed by atoms with van der Waals surface area (Å²) < 4.78 is 16.8. The third-order valence-electron chi connectivity index (χ3n) is 3.08. The SMILES string of the molecule is C[C@@H]1C[S@@](=O)CCN1C(=O)COc1ccc(Cl)cc1Cl. The van der Waals surface area contributed by atoms with Crippen LogP contribution in [0.4, 0.5) is 0 Å². The van der Waals surface area contributed by atoms with Crippen LogP contribution in [-0.2, 0) is 15.6 Å². The van der Waals surface area contributed by atoms with Crippen molar-refractivity contribution in [1.29, 1.82) is 0 Å². The van der Waals surface area contributed by atoms with E-state index >= 15 is 0 Å². The molecule has 0 bridgehead atoms. The van der Waals surface area contributed by atoms with Gasteiger partial charge in [0.1, 0.15) is 5.75 Å². The Morgan fingerprint density at radius 2 is 2.25 bits per heavy atom. The van der Waals surface area contributed by atoms with Crippen molar-refractivity contribution in [3.8, 4) is 5.75 Å². The number of benzene rings is 1. The number of rotatable bonds is 3. The summed E-state index contributed by atoms with van der Waals surface area (Å²) in [7, 11) is -0.824. The van der Waals surface area contributed by atoms with E-state index in [1.54, 1.807) is 23.1 Å². The van der Waals surface area contributed by atoms with Gasteiger partial charge in [0.2, 0.25) is 0 Å². The second-order valence-electron chi connectivity index (χ2n) is 4.61. The number of hydrogen-bond donors (Lipinski definition) is 0. The summed E-state index contributed by atoms with van der Waals surface area (Å²) in [6.45, 7) is 2.31. The zero-order chi connectivity index (χ0) is 14.7. The lowest BCUT2D eigenvalue weighted by atomic mass is 10.3. The first-order chi connectivity index (χ1) is 9.47. The van der Waals surface area contributed by atoms with Gasteiger partial charge in [-0.1, -0.05) is 23.2 Å². The van der Waals surface area contributed by atoms with Crippen molar-refractivity contribution in [3.63, 3.8) is 0 Å². The number of hydrogen-bond acceptors (Lipinski definition) is 3. The molecule has 1 fully saturated rings. The first kappa shape index (κ1) is 15.6. The third-order valence-corrected chi connectivity index (χ3v) is 5.11. The van der Waals surface area contributed by atoms with E-state index in [1.807, 2.05) is 6.92 Å². The normalized spacial score (nSPS) is 22.6. The van der Waals surface area contributed by atoms with Crippen LogP contribution in [-0.4, -0.2) is 45.7 Å². The van der Waals surface area contributed by atoms with Crippen LogP contribution < -0.4 is 4.74 Å². The van der Waals surface area contributed by atoms with Gasteiger partial charge in [0.05, 0.1) is 5.02 Å². The molecule has 4 nitrogen and oxygen atoms in total. The molecular formula is C13H15Cl2NO3S. The predicted octanol–water partition coefficient (Wildman–Crippen LogP) is 2.35. The predicted molar refractivity (Wildman–Crippen MR) is 81.0 cm³/mol. The molecule has 0 N–H and O–H groups in total. The Bertz CT molecular complexity index is 538. The highest BCUT2D eigenvalue weighted by molar-refractivity contribution is 7.85. The maximum Gasteiger partial charge on any atom is 0.260 e. The molecule has 1 aromatic rings. The van der Waals surface area contributed by atoms with E-state index < -0.39 is 10.8 Å². The monoisotopic (exact) mass is 335 g/mol. The van der Waals surface area contributed by atoms with Crippen molar-refractivity contribution in [3.05, 3.63) is 28.2 Å². The largest absolute Gasteiger partial charge is 0.482 e. The summed E-state index contributed by atoms with van der Waals surface area (Å²) in [5, 5.41) is 0.888. The Morgan fingerprint density at radius 3 is 2.90 bits per heavy atom. The molecule has 1 amide bonds. The van der Waals surface area contributed by atoms with E-state index in [9.17, 15) is 9.00 Å². The quantitative estimate of drug-likeness (QED) is 0.851. The van der Waals surface area contributed by atoms with Crippen LogP contribution in [0.25, 0.3) is 0 Å². The summed E-state index contributed by atoms with van der Waals surface area (Å²) in [6.07, 6.45) is 0. The molecule has 0 saturated carbocycles. The first-order valence-electron chi connectivity index (χ1n) is 6.19. The Balaban J connectivity index is 1.93. The van der Waals surface area contributed by atoms with Crippen molar-refractivity contribution in [2.75, 3.05) is 24.7 Å². The maximum absolute atomic E-state index is 12.1. The van der Waals surface area contributed by atoms with E-state index in [1.165, 1.54) is 0 Å². The molecule has 1 aliphatic heterocycles. The number of ether oxygens (including phenoxy) is 1. The molecular weight excluding hydrogens is 321 g/mol. The zero-order valence-corrected chi connectivity index (χ0v) is 13.3. The molecule has 1 aromatic carbocycles. The summed E-state index contributed by atoms with van der Waals surface area (Å²) in [6, 6.07) is 4.82. The fraction of sp³-hybridized carbons (Fsp3) is 0.462. The van der Waals surface area contributed by atoms with Gasteiger partial charge in [0.25, 0.3) is 5.91 Å². The lowest BCUT2D eigenvalue weighted by Gasteiger charge is -2.32. The topological polar surface area (TPSA) is 46.6 Å². The zero-order valence-electron chi connectivity index (χ0n) is 11.0. The fourth-order valence-electron chi connectivity index (χ4n) is 2.05. The maximum atomic E-state index is 12.1. The van der Waals surface area contributed by atoms with Gasteiger partial charge >= 0.3 is 0 Å². The second kappa shape index (κ2) is 6.78. The molecule has 20 heavy (non-hydrogen) atoms. The molecule has 2 rings (SSSR count). The minimum absolute atomic E-state index is 0.0265. The van der Waals surface area contributed by atoms with Crippen LogP contribution in [0.5, 0.6) is 5.75 Å². The smallest absolute Gasteiger partial charge is 0.260 e. The molecule has 1 saturated heterocycles. The average molecular weight is 336 g/mol. The van der Waals surface area contributed by atoms with Crippen molar-refractivity contribution >= 4 is 39.9 Å². The van der Waals surface area contributed by atoms with Crippen molar-refractivity contribution < 1.29 is 13.7 Å². The van der Waals surface area contributed by atoms with Crippen molar-refractivity contribution in [2.45, 2.75) is 13.0 Å². The molecule has 1 aliphatic rings. The number of carbonyl (C=O) groups excluding carboxylic acids is 1. The molecule has 0 spiro atoms. The van der Waals surface area contributed by atoms with Crippen molar-refractivity contribution in [1.82, 2.24) is 4.90 Å². The van der Waals surface area contributed by atoms with Gasteiger partial charge < -0.3 is 9.64 Å². The van der Waals surface area contributed by atoms with E-state index in [0.29, 0.717) is 33.8 Å². The summed E-state index contributed by atoms with van der Waals surface area (Å²) in [4.78, 5) is 13.8. The standard InChI is InChI=1S/C13H15Cl2NO3S/c1-9-8-20(18)5-4-16(9)13(17)7-19-12-3-2-10(14)6-11(12)15/h2-3,6,9H,4-5,7-8H2,1H3/t9-,20+/m1/s1. The van der Waals surface area contributed by atoms with E-state index in [2.05, 4.69) is 0 Å². The molecule has 2 atom stereocenters. The van der Waals surface area contributed by atoms with Gasteiger partial charge in [-0.3, -0.25) is 9.00 Å². The Labute approximate surface area is 130 Å². The average Bonchev–Trinajstić information content (AvgIpc) is 2.37. The number of amides is 1. The highest BCUT2D eigenvalue weighted by Gasteiger charge is 2.26. The molecule has 0 radical (unpaired) electrons. The van der Waals surface area contributed by atoms with Crippen LogP contribution in [0.3, 0.4) is 0 Å². The van der Waals surface area contributed by atoms with Crippen LogP contribution in [0.2, 0.25) is 10.0 Å². The van der Waals surface area contributed by atoms with Crippen LogP contribution in [0, 0.1) is 0 Å². The summed E-state index contributed by atoms with van der Waals surface area (Å²) in [5.41, 5.74) is 0. The van der Waals surface area contributed by atoms with E-state index in [0.717, 1.165) is 0 Å². The van der Waals surface area contributed by atoms with Crippen LogP contribution in [0.1, 0.15) is 6.92 Å². The molecule has 1 heterocycles. The molecule has 0 unspecified atom stereocenters. The fourth-order valence-corrected chi connectivity index (χ4v) is 3.80. The number of halogens is 2. The van der Waals surface area contributed by atoms with E-state index in [-0.39, 0.29) is 18.6 Å². The van der Waals surface area contributed by atoms with Gasteiger partial charge in [-0.25, -0.2) is 0 Å². The minimum Gasteiger partial charge on any atom is -0.482 e. The number of nitrogens with zero attached hydrogens (tertiary/aromatic N) is 1. The van der Waals surface area contributed by atoms with E-state index in [4.69, 9.17) is 27.9 Å². The van der Waals surface area contributed by atoms with Crippen LogP contribution in [0.15, 0.2) is 18.2 Å². The Kier molecular flexibility index (Phi) is 5.29. The van der Waals surface area contributed by atoms with Gasteiger partial charge in [0, 0.05) is 39.9 Å². The van der Waals surface area contributed by atoms with Crippen LogP contribution >= 0.6 is 23.2 Å².